The molecule has 0 aliphatic carbocycles. The maximum absolute atomic E-state index is 14.0. The van der Waals surface area contributed by atoms with Crippen molar-refractivity contribution in [3.63, 3.8) is 0 Å². The van der Waals surface area contributed by atoms with Crippen molar-refractivity contribution in [3.8, 4) is 0 Å². The Balaban J connectivity index is 3.07. The van der Waals surface area contributed by atoms with E-state index in [4.69, 9.17) is 5.73 Å². The molecule has 1 rings (SSSR count). The quantitative estimate of drug-likeness (QED) is 0.785. The van der Waals surface area contributed by atoms with Gasteiger partial charge in [0.1, 0.15) is 11.6 Å². The molecule has 20 heavy (non-hydrogen) atoms. The van der Waals surface area contributed by atoms with Crippen molar-refractivity contribution < 1.29 is 8.78 Å². The molecule has 1 aromatic rings. The Morgan fingerprint density at radius 1 is 1.25 bits per heavy atom. The molecule has 2 atom stereocenters. The van der Waals surface area contributed by atoms with Gasteiger partial charge in [-0.2, -0.15) is 0 Å². The third-order valence-corrected chi connectivity index (χ3v) is 3.87. The first kappa shape index (κ1) is 17.1. The number of halogens is 2. The van der Waals surface area contributed by atoms with E-state index in [9.17, 15) is 8.78 Å². The molecule has 0 aliphatic heterocycles. The van der Waals surface area contributed by atoms with Gasteiger partial charge in [0.05, 0.1) is 6.04 Å². The second kappa shape index (κ2) is 8.32. The normalized spacial score (nSPS) is 14.6. The summed E-state index contributed by atoms with van der Waals surface area (Å²) < 4.78 is 27.4. The number of hydrogen-bond acceptors (Lipinski definition) is 2. The SMILES string of the molecule is CCCCN(C(C)CC)C(CN)c1cc(F)ccc1F. The molecule has 0 fully saturated rings. The van der Waals surface area contributed by atoms with Crippen LogP contribution in [0, 0.1) is 11.6 Å². The lowest BCUT2D eigenvalue weighted by Gasteiger charge is -2.36. The molecule has 0 bridgehead atoms. The lowest BCUT2D eigenvalue weighted by molar-refractivity contribution is 0.138. The third kappa shape index (κ3) is 4.25. The largest absolute Gasteiger partial charge is 0.329 e. The maximum atomic E-state index is 14.0. The van der Waals surface area contributed by atoms with E-state index < -0.39 is 5.82 Å². The summed E-state index contributed by atoms with van der Waals surface area (Å²) in [5.74, 6) is -0.800. The number of benzene rings is 1. The molecule has 114 valence electrons. The summed E-state index contributed by atoms with van der Waals surface area (Å²) in [5.41, 5.74) is 6.22. The van der Waals surface area contributed by atoms with Gasteiger partial charge in [-0.05, 0) is 44.5 Å². The topological polar surface area (TPSA) is 29.3 Å². The first-order chi connectivity index (χ1) is 9.54. The van der Waals surface area contributed by atoms with E-state index in [0.29, 0.717) is 5.56 Å². The smallest absolute Gasteiger partial charge is 0.128 e. The van der Waals surface area contributed by atoms with Gasteiger partial charge in [0.25, 0.3) is 0 Å². The first-order valence-electron chi connectivity index (χ1n) is 7.45. The van der Waals surface area contributed by atoms with E-state index in [2.05, 4.69) is 25.7 Å². The molecule has 2 unspecified atom stereocenters. The van der Waals surface area contributed by atoms with Gasteiger partial charge in [-0.3, -0.25) is 4.90 Å². The number of unbranched alkanes of at least 4 members (excludes halogenated alkanes) is 1. The standard InChI is InChI=1S/C16H26F2N2/c1-4-6-9-20(12(3)5-2)16(11-19)14-10-13(17)7-8-15(14)18/h7-8,10,12,16H,4-6,9,11,19H2,1-3H3. The molecule has 0 aromatic heterocycles. The Hall–Kier alpha value is -1.00. The van der Waals surface area contributed by atoms with Crippen LogP contribution in [0.3, 0.4) is 0 Å². The highest BCUT2D eigenvalue weighted by atomic mass is 19.1. The van der Waals surface area contributed by atoms with Crippen LogP contribution < -0.4 is 5.73 Å². The van der Waals surface area contributed by atoms with Gasteiger partial charge < -0.3 is 5.73 Å². The highest BCUT2D eigenvalue weighted by Gasteiger charge is 2.25. The Morgan fingerprint density at radius 3 is 2.50 bits per heavy atom. The molecule has 0 saturated heterocycles. The molecule has 2 nitrogen and oxygen atoms in total. The highest BCUT2D eigenvalue weighted by molar-refractivity contribution is 5.23. The van der Waals surface area contributed by atoms with Gasteiger partial charge in [0, 0.05) is 18.2 Å². The summed E-state index contributed by atoms with van der Waals surface area (Å²) >= 11 is 0. The van der Waals surface area contributed by atoms with Crippen LogP contribution in [0.4, 0.5) is 8.78 Å². The molecular weight excluding hydrogens is 258 g/mol. The second-order valence-electron chi connectivity index (χ2n) is 5.27. The van der Waals surface area contributed by atoms with Crippen LogP contribution in [0.1, 0.15) is 51.6 Å². The molecule has 2 N–H and O–H groups in total. The third-order valence-electron chi connectivity index (χ3n) is 3.87. The summed E-state index contributed by atoms with van der Waals surface area (Å²) in [5, 5.41) is 0. The van der Waals surface area contributed by atoms with Crippen molar-refractivity contribution in [2.75, 3.05) is 13.1 Å². The Kier molecular flexibility index (Phi) is 7.10. The summed E-state index contributed by atoms with van der Waals surface area (Å²) in [4.78, 5) is 2.20. The van der Waals surface area contributed by atoms with Crippen molar-refractivity contribution >= 4 is 0 Å². The van der Waals surface area contributed by atoms with E-state index in [1.165, 1.54) is 12.1 Å². The summed E-state index contributed by atoms with van der Waals surface area (Å²) in [6, 6.07) is 3.62. The minimum atomic E-state index is -0.417. The van der Waals surface area contributed by atoms with Crippen molar-refractivity contribution in [2.45, 2.75) is 52.1 Å². The lowest BCUT2D eigenvalue weighted by atomic mass is 10.0. The van der Waals surface area contributed by atoms with Crippen molar-refractivity contribution in [1.29, 1.82) is 0 Å². The molecule has 0 amide bonds. The van der Waals surface area contributed by atoms with Crippen molar-refractivity contribution in [2.24, 2.45) is 5.73 Å². The molecule has 0 spiro atoms. The van der Waals surface area contributed by atoms with Crippen LogP contribution >= 0.6 is 0 Å². The fourth-order valence-corrected chi connectivity index (χ4v) is 2.47. The monoisotopic (exact) mass is 284 g/mol. The van der Waals surface area contributed by atoms with Crippen LogP contribution in [0.25, 0.3) is 0 Å². The predicted molar refractivity (Wildman–Crippen MR) is 79.5 cm³/mol. The van der Waals surface area contributed by atoms with E-state index in [0.717, 1.165) is 31.9 Å². The fourth-order valence-electron chi connectivity index (χ4n) is 2.47. The van der Waals surface area contributed by atoms with Gasteiger partial charge in [-0.25, -0.2) is 8.78 Å². The maximum Gasteiger partial charge on any atom is 0.128 e. The molecule has 0 saturated carbocycles. The summed E-state index contributed by atoms with van der Waals surface area (Å²) in [6.07, 6.45) is 3.05. The van der Waals surface area contributed by atoms with Crippen LogP contribution in [0.2, 0.25) is 0 Å². The number of hydrogen-bond donors (Lipinski definition) is 1. The zero-order chi connectivity index (χ0) is 15.1. The molecule has 4 heteroatoms. The minimum Gasteiger partial charge on any atom is -0.329 e. The predicted octanol–water partition coefficient (Wildman–Crippen LogP) is 3.87. The molecule has 0 heterocycles. The van der Waals surface area contributed by atoms with Crippen molar-refractivity contribution in [3.05, 3.63) is 35.4 Å². The van der Waals surface area contributed by atoms with E-state index >= 15 is 0 Å². The molecule has 0 radical (unpaired) electrons. The van der Waals surface area contributed by atoms with Gasteiger partial charge in [0.15, 0.2) is 0 Å². The van der Waals surface area contributed by atoms with Crippen molar-refractivity contribution in [1.82, 2.24) is 4.90 Å². The van der Waals surface area contributed by atoms with Crippen LogP contribution in [-0.4, -0.2) is 24.0 Å². The fraction of sp³-hybridized carbons (Fsp3) is 0.625. The number of nitrogens with two attached hydrogens (primary N) is 1. The average molecular weight is 284 g/mol. The van der Waals surface area contributed by atoms with Crippen LogP contribution in [0.15, 0.2) is 18.2 Å². The average Bonchev–Trinajstić information content (AvgIpc) is 2.45. The van der Waals surface area contributed by atoms with Gasteiger partial charge in [0.2, 0.25) is 0 Å². The molecular formula is C16H26F2N2. The van der Waals surface area contributed by atoms with E-state index in [1.54, 1.807) is 0 Å². The van der Waals surface area contributed by atoms with E-state index in [1.807, 2.05) is 0 Å². The van der Waals surface area contributed by atoms with Gasteiger partial charge in [-0.1, -0.05) is 20.3 Å². The second-order valence-corrected chi connectivity index (χ2v) is 5.27. The number of nitrogens with zero attached hydrogens (tertiary/aromatic N) is 1. The Bertz CT molecular complexity index is 409. The zero-order valence-electron chi connectivity index (χ0n) is 12.7. The van der Waals surface area contributed by atoms with Gasteiger partial charge >= 0.3 is 0 Å². The van der Waals surface area contributed by atoms with E-state index in [-0.39, 0.29) is 24.4 Å². The minimum absolute atomic E-state index is 0.271. The molecule has 0 aliphatic rings. The lowest BCUT2D eigenvalue weighted by Crippen LogP contribution is -2.41. The Morgan fingerprint density at radius 2 is 1.95 bits per heavy atom. The van der Waals surface area contributed by atoms with Crippen LogP contribution in [0.5, 0.6) is 0 Å². The zero-order valence-corrected chi connectivity index (χ0v) is 12.7. The van der Waals surface area contributed by atoms with Gasteiger partial charge in [-0.15, -0.1) is 0 Å². The first-order valence-corrected chi connectivity index (χ1v) is 7.45. The highest BCUT2D eigenvalue weighted by Crippen LogP contribution is 2.26. The molecule has 1 aromatic carbocycles. The summed E-state index contributed by atoms with van der Waals surface area (Å²) in [6.45, 7) is 7.46. The number of rotatable bonds is 8. The summed E-state index contributed by atoms with van der Waals surface area (Å²) in [7, 11) is 0. The Labute approximate surface area is 121 Å². The van der Waals surface area contributed by atoms with Crippen LogP contribution in [-0.2, 0) is 0 Å².